The van der Waals surface area contributed by atoms with Crippen molar-refractivity contribution in [3.8, 4) is 0 Å². The lowest BCUT2D eigenvalue weighted by Gasteiger charge is -2.18. The van der Waals surface area contributed by atoms with Crippen molar-refractivity contribution in [1.82, 2.24) is 0 Å². The first-order chi connectivity index (χ1) is 8.58. The molecule has 0 spiro atoms. The summed E-state index contributed by atoms with van der Waals surface area (Å²) >= 11 is 0. The van der Waals surface area contributed by atoms with E-state index in [-0.39, 0.29) is 0 Å². The summed E-state index contributed by atoms with van der Waals surface area (Å²) < 4.78 is 25.5. The van der Waals surface area contributed by atoms with Gasteiger partial charge in [0.15, 0.2) is 0 Å². The fourth-order valence-corrected chi connectivity index (χ4v) is 1.68. The van der Waals surface area contributed by atoms with Gasteiger partial charge in [-0.15, -0.1) is 0 Å². The van der Waals surface area contributed by atoms with E-state index in [2.05, 4.69) is 0 Å². The van der Waals surface area contributed by atoms with Crippen molar-refractivity contribution in [2.24, 2.45) is 0 Å². The van der Waals surface area contributed by atoms with Gasteiger partial charge in [-0.3, -0.25) is 0 Å². The largest absolute Gasteiger partial charge is 0.385 e. The van der Waals surface area contributed by atoms with Crippen LogP contribution in [0.5, 0.6) is 0 Å². The summed E-state index contributed by atoms with van der Waals surface area (Å²) in [6.07, 6.45) is -2.37. The van der Waals surface area contributed by atoms with Gasteiger partial charge in [-0.25, -0.2) is 8.78 Å². The van der Waals surface area contributed by atoms with Gasteiger partial charge in [0.25, 0.3) is 0 Å². The average Bonchev–Trinajstić information content (AvgIpc) is 2.39. The smallest absolute Gasteiger partial charge is 0.123 e. The molecule has 0 aromatic heterocycles. The van der Waals surface area contributed by atoms with E-state index in [4.69, 9.17) is 0 Å². The van der Waals surface area contributed by atoms with Crippen molar-refractivity contribution >= 4 is 0 Å². The van der Waals surface area contributed by atoms with E-state index in [1.807, 2.05) is 0 Å². The average molecular weight is 250 g/mol. The van der Waals surface area contributed by atoms with E-state index in [1.54, 1.807) is 0 Å². The van der Waals surface area contributed by atoms with Gasteiger partial charge in [-0.2, -0.15) is 0 Å². The van der Waals surface area contributed by atoms with E-state index < -0.39 is 23.8 Å². The van der Waals surface area contributed by atoms with Gasteiger partial charge in [0.05, 0.1) is 0 Å². The van der Waals surface area contributed by atoms with E-state index in [0.717, 1.165) is 0 Å². The summed E-state index contributed by atoms with van der Waals surface area (Å²) in [6.45, 7) is 0. The molecule has 0 heterocycles. The van der Waals surface area contributed by atoms with Crippen LogP contribution in [0.25, 0.3) is 0 Å². The second-order valence-corrected chi connectivity index (χ2v) is 3.99. The monoisotopic (exact) mass is 250 g/mol. The van der Waals surface area contributed by atoms with E-state index in [9.17, 15) is 19.0 Å². The Morgan fingerprint density at radius 2 is 0.889 bits per heavy atom. The molecular formula is C14H12F2O2. The Labute approximate surface area is 103 Å². The highest BCUT2D eigenvalue weighted by molar-refractivity contribution is 5.25. The summed E-state index contributed by atoms with van der Waals surface area (Å²) in [5, 5.41) is 19.9. The highest BCUT2D eigenvalue weighted by Gasteiger charge is 2.20. The second kappa shape index (κ2) is 5.25. The number of hydrogen-bond donors (Lipinski definition) is 2. The van der Waals surface area contributed by atoms with E-state index >= 15 is 0 Å². The Kier molecular flexibility index (Phi) is 3.69. The van der Waals surface area contributed by atoms with Gasteiger partial charge < -0.3 is 10.2 Å². The van der Waals surface area contributed by atoms with Crippen LogP contribution < -0.4 is 0 Å². The normalized spacial score (nSPS) is 14.2. The quantitative estimate of drug-likeness (QED) is 0.879. The Bertz CT molecular complexity index is 459. The van der Waals surface area contributed by atoms with Crippen molar-refractivity contribution < 1.29 is 19.0 Å². The second-order valence-electron chi connectivity index (χ2n) is 3.99. The van der Waals surface area contributed by atoms with Crippen LogP contribution in [0, 0.1) is 11.6 Å². The molecule has 2 rings (SSSR count). The first-order valence-electron chi connectivity index (χ1n) is 5.45. The highest BCUT2D eigenvalue weighted by Crippen LogP contribution is 2.28. The van der Waals surface area contributed by atoms with Crippen LogP contribution in [0.2, 0.25) is 0 Å². The zero-order valence-corrected chi connectivity index (χ0v) is 9.42. The molecule has 2 aromatic carbocycles. The van der Waals surface area contributed by atoms with Crippen LogP contribution in [0.15, 0.2) is 48.5 Å². The molecule has 0 saturated heterocycles. The van der Waals surface area contributed by atoms with Crippen LogP contribution in [-0.2, 0) is 0 Å². The SMILES string of the molecule is O[C@H](c1ccc(F)cc1)[C@@H](O)c1ccc(F)cc1. The van der Waals surface area contributed by atoms with Gasteiger partial charge in [-0.05, 0) is 35.4 Å². The first kappa shape index (κ1) is 12.7. The third-order valence-corrected chi connectivity index (χ3v) is 2.72. The summed E-state index contributed by atoms with van der Waals surface area (Å²) in [5.41, 5.74) is 0.793. The van der Waals surface area contributed by atoms with Crippen LogP contribution in [0.3, 0.4) is 0 Å². The summed E-state index contributed by atoms with van der Waals surface area (Å²) in [5.74, 6) is -0.829. The van der Waals surface area contributed by atoms with Crippen molar-refractivity contribution in [3.63, 3.8) is 0 Å². The van der Waals surface area contributed by atoms with Gasteiger partial charge >= 0.3 is 0 Å². The van der Waals surface area contributed by atoms with Crippen LogP contribution in [0.1, 0.15) is 23.3 Å². The Balaban J connectivity index is 2.20. The number of benzene rings is 2. The van der Waals surface area contributed by atoms with Gasteiger partial charge in [0, 0.05) is 0 Å². The molecule has 4 heteroatoms. The van der Waals surface area contributed by atoms with Crippen LogP contribution in [-0.4, -0.2) is 10.2 Å². The molecule has 0 aliphatic heterocycles. The lowest BCUT2D eigenvalue weighted by atomic mass is 9.98. The predicted molar refractivity (Wildman–Crippen MR) is 62.7 cm³/mol. The predicted octanol–water partition coefficient (Wildman–Crippen LogP) is 2.73. The molecule has 0 aliphatic rings. The highest BCUT2D eigenvalue weighted by atomic mass is 19.1. The third kappa shape index (κ3) is 2.72. The molecule has 18 heavy (non-hydrogen) atoms. The lowest BCUT2D eigenvalue weighted by Crippen LogP contribution is -2.10. The minimum Gasteiger partial charge on any atom is -0.385 e. The van der Waals surface area contributed by atoms with E-state index in [1.165, 1.54) is 48.5 Å². The number of aliphatic hydroxyl groups is 2. The molecule has 2 aromatic rings. The molecular weight excluding hydrogens is 238 g/mol. The number of halogens is 2. The fraction of sp³-hybridized carbons (Fsp3) is 0.143. The maximum absolute atomic E-state index is 12.7. The summed E-state index contributed by atoms with van der Waals surface area (Å²) in [7, 11) is 0. The maximum Gasteiger partial charge on any atom is 0.123 e. The topological polar surface area (TPSA) is 40.5 Å². The van der Waals surface area contributed by atoms with Crippen LogP contribution >= 0.6 is 0 Å². The molecule has 2 nitrogen and oxygen atoms in total. The third-order valence-electron chi connectivity index (χ3n) is 2.72. The van der Waals surface area contributed by atoms with Gasteiger partial charge in [-0.1, -0.05) is 24.3 Å². The Morgan fingerprint density at radius 3 is 1.17 bits per heavy atom. The molecule has 0 radical (unpaired) electrons. The molecule has 2 N–H and O–H groups in total. The van der Waals surface area contributed by atoms with Crippen molar-refractivity contribution in [2.45, 2.75) is 12.2 Å². The molecule has 0 amide bonds. The minimum atomic E-state index is -1.18. The zero-order valence-electron chi connectivity index (χ0n) is 9.42. The Hall–Kier alpha value is -1.78. The molecule has 0 fully saturated rings. The van der Waals surface area contributed by atoms with Crippen molar-refractivity contribution in [2.75, 3.05) is 0 Å². The van der Waals surface area contributed by atoms with Gasteiger partial charge in [0.1, 0.15) is 23.8 Å². The molecule has 0 aliphatic carbocycles. The molecule has 0 unspecified atom stereocenters. The Morgan fingerprint density at radius 1 is 0.611 bits per heavy atom. The number of hydrogen-bond acceptors (Lipinski definition) is 2. The van der Waals surface area contributed by atoms with E-state index in [0.29, 0.717) is 11.1 Å². The molecule has 2 atom stereocenters. The molecule has 94 valence electrons. The number of aliphatic hydroxyl groups excluding tert-OH is 2. The van der Waals surface area contributed by atoms with Crippen LogP contribution in [0.4, 0.5) is 8.78 Å². The summed E-state index contributed by atoms with van der Waals surface area (Å²) in [4.78, 5) is 0. The lowest BCUT2D eigenvalue weighted by molar-refractivity contribution is 0.0172. The first-order valence-corrected chi connectivity index (χ1v) is 5.45. The molecule has 0 saturated carbocycles. The zero-order chi connectivity index (χ0) is 13.1. The van der Waals surface area contributed by atoms with Crippen molar-refractivity contribution in [1.29, 1.82) is 0 Å². The standard InChI is InChI=1S/C14H12F2O2/c15-11-5-1-9(2-6-11)13(17)14(18)10-3-7-12(16)8-4-10/h1-8,13-14,17-18H/t13-,14+. The minimum absolute atomic E-state index is 0.397. The van der Waals surface area contributed by atoms with Crippen molar-refractivity contribution in [3.05, 3.63) is 71.3 Å². The fourth-order valence-electron chi connectivity index (χ4n) is 1.68. The van der Waals surface area contributed by atoms with Gasteiger partial charge in [0.2, 0.25) is 0 Å². The summed E-state index contributed by atoms with van der Waals surface area (Å²) in [6, 6.07) is 10.4. The molecule has 0 bridgehead atoms. The number of rotatable bonds is 3. The maximum atomic E-state index is 12.7.